The van der Waals surface area contributed by atoms with Crippen molar-refractivity contribution in [1.29, 1.82) is 0 Å². The van der Waals surface area contributed by atoms with Crippen molar-refractivity contribution in [3.8, 4) is 11.1 Å². The van der Waals surface area contributed by atoms with Crippen molar-refractivity contribution in [1.82, 2.24) is 10.5 Å². The molecule has 2 aromatic rings. The Labute approximate surface area is 153 Å². The second kappa shape index (κ2) is 7.08. The zero-order valence-electron chi connectivity index (χ0n) is 15.2. The topological polar surface area (TPSA) is 81.2 Å². The summed E-state index contributed by atoms with van der Waals surface area (Å²) in [6.45, 7) is 3.98. The second-order valence-corrected chi connectivity index (χ2v) is 7.28. The van der Waals surface area contributed by atoms with Gasteiger partial charge in [0.1, 0.15) is 5.76 Å². The number of nitrogens with zero attached hydrogens (tertiary/aromatic N) is 1. The van der Waals surface area contributed by atoms with Crippen LogP contribution in [0.1, 0.15) is 65.4 Å². The Bertz CT molecular complexity index is 860. The van der Waals surface area contributed by atoms with E-state index in [0.717, 1.165) is 49.9 Å². The summed E-state index contributed by atoms with van der Waals surface area (Å²) in [5.74, 6) is 0.670. The predicted molar refractivity (Wildman–Crippen MR) is 102 cm³/mol. The Morgan fingerprint density at radius 1 is 1.27 bits per heavy atom. The smallest absolute Gasteiger partial charge is 0.271 e. The zero-order valence-corrected chi connectivity index (χ0v) is 15.2. The van der Waals surface area contributed by atoms with E-state index in [4.69, 9.17) is 10.3 Å². The first-order chi connectivity index (χ1) is 12.6. The van der Waals surface area contributed by atoms with Crippen molar-refractivity contribution in [2.45, 2.75) is 44.9 Å². The Balaban J connectivity index is 1.84. The monoisotopic (exact) mass is 351 g/mol. The number of nitrogens with two attached hydrogens (primary N) is 1. The number of benzene rings is 1. The third-order valence-corrected chi connectivity index (χ3v) is 5.61. The van der Waals surface area contributed by atoms with E-state index >= 15 is 0 Å². The summed E-state index contributed by atoms with van der Waals surface area (Å²) in [6, 6.07) is 6.64. The molecule has 0 saturated carbocycles. The molecule has 1 aromatic heterocycles. The first-order valence-corrected chi connectivity index (χ1v) is 9.45. The average Bonchev–Trinajstić information content (AvgIpc) is 3.32. The van der Waals surface area contributed by atoms with Gasteiger partial charge in [-0.1, -0.05) is 29.4 Å². The van der Waals surface area contributed by atoms with Crippen molar-refractivity contribution in [3.63, 3.8) is 0 Å². The molecule has 0 atom stereocenters. The van der Waals surface area contributed by atoms with Gasteiger partial charge in [0.15, 0.2) is 5.69 Å². The number of primary amides is 1. The molecule has 5 heteroatoms. The van der Waals surface area contributed by atoms with Crippen molar-refractivity contribution < 1.29 is 9.32 Å². The molecule has 1 amide bonds. The highest BCUT2D eigenvalue weighted by Crippen LogP contribution is 2.40. The Morgan fingerprint density at radius 3 is 2.77 bits per heavy atom. The number of aromatic nitrogens is 1. The van der Waals surface area contributed by atoms with E-state index in [0.29, 0.717) is 11.7 Å². The summed E-state index contributed by atoms with van der Waals surface area (Å²) < 4.78 is 5.30. The predicted octanol–water partition coefficient (Wildman–Crippen LogP) is 3.78. The first-order valence-electron chi connectivity index (χ1n) is 9.45. The van der Waals surface area contributed by atoms with E-state index in [2.05, 4.69) is 34.7 Å². The number of amides is 1. The van der Waals surface area contributed by atoms with Crippen molar-refractivity contribution in [2.24, 2.45) is 5.73 Å². The largest absolute Gasteiger partial charge is 0.364 e. The molecule has 1 aliphatic heterocycles. The molecule has 1 saturated heterocycles. The quantitative estimate of drug-likeness (QED) is 0.878. The van der Waals surface area contributed by atoms with Crippen molar-refractivity contribution >= 4 is 11.5 Å². The van der Waals surface area contributed by atoms with Crippen LogP contribution in [0.4, 0.5) is 0 Å². The second-order valence-electron chi connectivity index (χ2n) is 7.28. The van der Waals surface area contributed by atoms with E-state index in [1.807, 2.05) is 6.92 Å². The fourth-order valence-electron chi connectivity index (χ4n) is 4.23. The maximum Gasteiger partial charge on any atom is 0.271 e. The van der Waals surface area contributed by atoms with Crippen molar-refractivity contribution in [2.75, 3.05) is 13.1 Å². The number of rotatable bonds is 4. The van der Waals surface area contributed by atoms with Gasteiger partial charge in [0.05, 0.1) is 5.56 Å². The number of hydrogen-bond donors (Lipinski definition) is 2. The average molecular weight is 351 g/mol. The molecule has 4 rings (SSSR count). The van der Waals surface area contributed by atoms with Gasteiger partial charge in [-0.3, -0.25) is 4.79 Å². The third kappa shape index (κ3) is 3.07. The van der Waals surface area contributed by atoms with E-state index in [1.54, 1.807) is 0 Å². The standard InChI is InChI=1S/C21H25N3O2/c1-13-19(20(21(22)25)24-26-13)17-7-6-16(14-8-10-23-11-9-14)12-18(17)15-4-2-3-5-15/h4,6-7,12,14,23H,2-3,5,8-11H2,1H3,(H2,22,25). The molecule has 1 fully saturated rings. The van der Waals surface area contributed by atoms with Gasteiger partial charge in [-0.2, -0.15) is 0 Å². The zero-order chi connectivity index (χ0) is 18.1. The van der Waals surface area contributed by atoms with Gasteiger partial charge in [-0.25, -0.2) is 0 Å². The van der Waals surface area contributed by atoms with Crippen LogP contribution in [0.25, 0.3) is 16.7 Å². The van der Waals surface area contributed by atoms with E-state index in [9.17, 15) is 4.79 Å². The molecule has 1 aliphatic carbocycles. The normalized spacial score (nSPS) is 18.1. The third-order valence-electron chi connectivity index (χ3n) is 5.61. The van der Waals surface area contributed by atoms with Crippen LogP contribution in [0, 0.1) is 6.92 Å². The van der Waals surface area contributed by atoms with Crippen LogP contribution in [0.2, 0.25) is 0 Å². The molecular formula is C21H25N3O2. The summed E-state index contributed by atoms with van der Waals surface area (Å²) in [5, 5.41) is 7.33. The lowest BCUT2D eigenvalue weighted by Crippen LogP contribution is -2.26. The number of carbonyl (C=O) groups excluding carboxylic acids is 1. The van der Waals surface area contributed by atoms with Gasteiger partial charge in [-0.15, -0.1) is 0 Å². The van der Waals surface area contributed by atoms with Crippen LogP contribution in [0.5, 0.6) is 0 Å². The van der Waals surface area contributed by atoms with Crippen LogP contribution < -0.4 is 11.1 Å². The molecule has 3 N–H and O–H groups in total. The number of hydrogen-bond acceptors (Lipinski definition) is 4. The maximum absolute atomic E-state index is 11.8. The van der Waals surface area contributed by atoms with Crippen LogP contribution >= 0.6 is 0 Å². The molecule has 0 radical (unpaired) electrons. The molecule has 0 bridgehead atoms. The number of allylic oxidation sites excluding steroid dienone is 2. The van der Waals surface area contributed by atoms with Gasteiger partial charge in [0.25, 0.3) is 5.91 Å². The first kappa shape index (κ1) is 17.0. The Kier molecular flexibility index (Phi) is 4.64. The van der Waals surface area contributed by atoms with Gasteiger partial charge in [0.2, 0.25) is 0 Å². The Morgan fingerprint density at radius 2 is 2.08 bits per heavy atom. The van der Waals surface area contributed by atoms with Crippen LogP contribution in [0.15, 0.2) is 28.8 Å². The highest BCUT2D eigenvalue weighted by Gasteiger charge is 2.24. The highest BCUT2D eigenvalue weighted by molar-refractivity contribution is 6.00. The lowest BCUT2D eigenvalue weighted by atomic mass is 9.85. The number of piperidine rings is 1. The molecule has 2 heterocycles. The Hall–Kier alpha value is -2.40. The van der Waals surface area contributed by atoms with Crippen LogP contribution in [0.3, 0.4) is 0 Å². The van der Waals surface area contributed by atoms with Gasteiger partial charge in [-0.05, 0) is 80.3 Å². The number of aryl methyl sites for hydroxylation is 1. The lowest BCUT2D eigenvalue weighted by Gasteiger charge is -2.24. The SMILES string of the molecule is Cc1onc(C(N)=O)c1-c1ccc(C2CCNCC2)cc1C1=CCCC1. The summed E-state index contributed by atoms with van der Waals surface area (Å²) in [4.78, 5) is 11.8. The van der Waals surface area contributed by atoms with E-state index in [1.165, 1.54) is 23.1 Å². The molecule has 0 unspecified atom stereocenters. The highest BCUT2D eigenvalue weighted by atomic mass is 16.5. The summed E-state index contributed by atoms with van der Waals surface area (Å²) in [5.41, 5.74) is 11.4. The summed E-state index contributed by atoms with van der Waals surface area (Å²) >= 11 is 0. The summed E-state index contributed by atoms with van der Waals surface area (Å²) in [6.07, 6.45) is 8.00. The molecule has 136 valence electrons. The molecule has 5 nitrogen and oxygen atoms in total. The molecule has 0 spiro atoms. The number of carbonyl (C=O) groups is 1. The van der Waals surface area contributed by atoms with Gasteiger partial charge < -0.3 is 15.6 Å². The lowest BCUT2D eigenvalue weighted by molar-refractivity contribution is 0.0992. The molecule has 2 aliphatic rings. The molecule has 26 heavy (non-hydrogen) atoms. The number of nitrogens with one attached hydrogen (secondary N) is 1. The minimum absolute atomic E-state index is 0.219. The minimum atomic E-state index is -0.550. The molecule has 1 aromatic carbocycles. The maximum atomic E-state index is 11.8. The van der Waals surface area contributed by atoms with Gasteiger partial charge >= 0.3 is 0 Å². The molecular weight excluding hydrogens is 326 g/mol. The van der Waals surface area contributed by atoms with Crippen LogP contribution in [-0.2, 0) is 0 Å². The minimum Gasteiger partial charge on any atom is -0.364 e. The fourth-order valence-corrected chi connectivity index (χ4v) is 4.23. The fraction of sp³-hybridized carbons (Fsp3) is 0.429. The van der Waals surface area contributed by atoms with E-state index < -0.39 is 5.91 Å². The van der Waals surface area contributed by atoms with Gasteiger partial charge in [0, 0.05) is 0 Å². The van der Waals surface area contributed by atoms with Crippen molar-refractivity contribution in [3.05, 3.63) is 46.9 Å². The van der Waals surface area contributed by atoms with Crippen LogP contribution in [-0.4, -0.2) is 24.2 Å². The van der Waals surface area contributed by atoms with E-state index in [-0.39, 0.29) is 5.69 Å². The summed E-state index contributed by atoms with van der Waals surface area (Å²) in [7, 11) is 0.